The molecule has 1 aliphatic carbocycles. The summed E-state index contributed by atoms with van der Waals surface area (Å²) in [6, 6.07) is 0. The van der Waals surface area contributed by atoms with Gasteiger partial charge in [0.15, 0.2) is 17.3 Å². The second-order valence-electron chi connectivity index (χ2n) is 6.84. The fraction of sp³-hybridized carbons (Fsp3) is 0.444. The highest BCUT2D eigenvalue weighted by molar-refractivity contribution is 6.24. The molecule has 3 rings (SSSR count). The molecule has 1 aromatic rings. The molecule has 7 heteroatoms. The molecule has 2 N–H and O–H groups in total. The predicted octanol–water partition coefficient (Wildman–Crippen LogP) is 1.37. The number of aromatic hydroxyl groups is 2. The van der Waals surface area contributed by atoms with Crippen LogP contribution in [0, 0.1) is 12.8 Å². The molecule has 7 nitrogen and oxygen atoms in total. The number of phenolic OH excluding ortho intramolecular Hbond substituents is 2. The van der Waals surface area contributed by atoms with E-state index < -0.39 is 46.3 Å². The normalized spacial score (nSPS) is 27.5. The van der Waals surface area contributed by atoms with E-state index >= 15 is 0 Å². The summed E-state index contributed by atoms with van der Waals surface area (Å²) >= 11 is 0. The van der Waals surface area contributed by atoms with Crippen molar-refractivity contribution in [2.75, 3.05) is 0 Å². The number of hydrogen-bond donors (Lipinski definition) is 2. The van der Waals surface area contributed by atoms with Crippen molar-refractivity contribution in [3.05, 3.63) is 16.7 Å². The zero-order valence-corrected chi connectivity index (χ0v) is 14.3. The van der Waals surface area contributed by atoms with E-state index in [-0.39, 0.29) is 34.6 Å². The van der Waals surface area contributed by atoms with Crippen LogP contribution in [0.3, 0.4) is 0 Å². The quantitative estimate of drug-likeness (QED) is 0.613. The Morgan fingerprint density at radius 2 is 1.76 bits per heavy atom. The second-order valence-corrected chi connectivity index (χ2v) is 6.84. The molecule has 3 unspecified atom stereocenters. The van der Waals surface area contributed by atoms with Gasteiger partial charge in [0, 0.05) is 12.0 Å². The maximum Gasteiger partial charge on any atom is 0.167 e. The average molecular weight is 346 g/mol. The van der Waals surface area contributed by atoms with Gasteiger partial charge in [0.05, 0.1) is 11.0 Å². The number of rotatable bonds is 2. The van der Waals surface area contributed by atoms with E-state index in [4.69, 9.17) is 4.74 Å². The summed E-state index contributed by atoms with van der Waals surface area (Å²) in [5.74, 6) is -4.56. The fourth-order valence-electron chi connectivity index (χ4n) is 3.86. The van der Waals surface area contributed by atoms with Crippen molar-refractivity contribution < 1.29 is 34.1 Å². The van der Waals surface area contributed by atoms with E-state index in [1.807, 2.05) is 0 Å². The number of Topliss-reactive ketones (excluding diaryl/α,β-unsaturated/α-hetero) is 4. The molecule has 0 aromatic heterocycles. The van der Waals surface area contributed by atoms with E-state index in [2.05, 4.69) is 0 Å². The van der Waals surface area contributed by atoms with Crippen LogP contribution in [-0.2, 0) is 19.8 Å². The van der Waals surface area contributed by atoms with Crippen molar-refractivity contribution in [1.29, 1.82) is 0 Å². The molecule has 132 valence electrons. The van der Waals surface area contributed by atoms with Gasteiger partial charge in [0.1, 0.15) is 40.6 Å². The summed E-state index contributed by atoms with van der Waals surface area (Å²) < 4.78 is 5.70. The maximum atomic E-state index is 13.0. The second kappa shape index (κ2) is 5.15. The topological polar surface area (TPSA) is 118 Å². The summed E-state index contributed by atoms with van der Waals surface area (Å²) in [5, 5.41) is 20.8. The number of carbonyl (C=O) groups is 4. The molecule has 0 radical (unpaired) electrons. The largest absolute Gasteiger partial charge is 0.507 e. The average Bonchev–Trinajstić information content (AvgIpc) is 2.78. The summed E-state index contributed by atoms with van der Waals surface area (Å²) in [7, 11) is 0. The summed E-state index contributed by atoms with van der Waals surface area (Å²) in [4.78, 5) is 49.0. The minimum absolute atomic E-state index is 0.0403. The summed E-state index contributed by atoms with van der Waals surface area (Å²) in [6.45, 7) is 5.30. The Morgan fingerprint density at radius 1 is 1.16 bits per heavy atom. The van der Waals surface area contributed by atoms with Gasteiger partial charge < -0.3 is 14.9 Å². The Bertz CT molecular complexity index is 867. The van der Waals surface area contributed by atoms with Crippen LogP contribution in [0.15, 0.2) is 0 Å². The molecular weight excluding hydrogens is 328 g/mol. The Hall–Kier alpha value is -2.70. The lowest BCUT2D eigenvalue weighted by Gasteiger charge is -2.36. The van der Waals surface area contributed by atoms with Gasteiger partial charge in [-0.3, -0.25) is 19.2 Å². The molecule has 1 aliphatic heterocycles. The van der Waals surface area contributed by atoms with Gasteiger partial charge >= 0.3 is 0 Å². The van der Waals surface area contributed by atoms with Gasteiger partial charge in [-0.25, -0.2) is 0 Å². The van der Waals surface area contributed by atoms with E-state index in [0.29, 0.717) is 0 Å². The van der Waals surface area contributed by atoms with Crippen LogP contribution in [-0.4, -0.2) is 39.5 Å². The van der Waals surface area contributed by atoms with Gasteiger partial charge in [-0.15, -0.1) is 0 Å². The SMILES string of the molecule is CC(=O)c1c(O)c(C)c(O)c2c1OC1CC(=O)C(C(C)=O)C(=O)C21C. The highest BCUT2D eigenvalue weighted by Gasteiger charge is 2.61. The fourth-order valence-corrected chi connectivity index (χ4v) is 3.86. The van der Waals surface area contributed by atoms with Gasteiger partial charge in [0.25, 0.3) is 0 Å². The molecule has 0 amide bonds. The first-order chi connectivity index (χ1) is 11.5. The molecular formula is C18H18O7. The zero-order chi connectivity index (χ0) is 18.8. The summed E-state index contributed by atoms with van der Waals surface area (Å²) in [6.07, 6.45) is -1.14. The molecule has 1 aromatic carbocycles. The van der Waals surface area contributed by atoms with Crippen molar-refractivity contribution in [2.45, 2.75) is 45.6 Å². The lowest BCUT2D eigenvalue weighted by Crippen LogP contribution is -2.55. The van der Waals surface area contributed by atoms with Crippen LogP contribution in [0.4, 0.5) is 0 Å². The molecule has 1 fully saturated rings. The molecule has 1 heterocycles. The Kier molecular flexibility index (Phi) is 3.53. The number of phenols is 2. The van der Waals surface area contributed by atoms with Crippen LogP contribution in [0.2, 0.25) is 0 Å². The third-order valence-electron chi connectivity index (χ3n) is 5.30. The van der Waals surface area contributed by atoms with Crippen LogP contribution in [0.1, 0.15) is 48.7 Å². The summed E-state index contributed by atoms with van der Waals surface area (Å²) in [5.41, 5.74) is -1.49. The van der Waals surface area contributed by atoms with Gasteiger partial charge in [0.2, 0.25) is 0 Å². The zero-order valence-electron chi connectivity index (χ0n) is 14.3. The van der Waals surface area contributed by atoms with E-state index in [1.54, 1.807) is 0 Å². The van der Waals surface area contributed by atoms with Crippen LogP contribution >= 0.6 is 0 Å². The van der Waals surface area contributed by atoms with Gasteiger partial charge in [-0.05, 0) is 27.7 Å². The first-order valence-electron chi connectivity index (χ1n) is 7.87. The molecule has 0 spiro atoms. The Balaban J connectivity index is 2.34. The minimum atomic E-state index is -1.45. The van der Waals surface area contributed by atoms with Crippen molar-refractivity contribution in [3.63, 3.8) is 0 Å². The minimum Gasteiger partial charge on any atom is -0.507 e. The van der Waals surface area contributed by atoms with E-state index in [9.17, 15) is 29.4 Å². The number of fused-ring (bicyclic) bond motifs is 3. The van der Waals surface area contributed by atoms with Crippen LogP contribution < -0.4 is 4.74 Å². The van der Waals surface area contributed by atoms with Crippen LogP contribution in [0.25, 0.3) is 0 Å². The first kappa shape index (κ1) is 17.1. The number of benzene rings is 1. The maximum absolute atomic E-state index is 13.0. The Labute approximate surface area is 143 Å². The lowest BCUT2D eigenvalue weighted by molar-refractivity contribution is -0.148. The smallest absolute Gasteiger partial charge is 0.167 e. The number of ketones is 4. The van der Waals surface area contributed by atoms with E-state index in [0.717, 1.165) is 0 Å². The predicted molar refractivity (Wildman–Crippen MR) is 85.1 cm³/mol. The first-order valence-corrected chi connectivity index (χ1v) is 7.87. The monoisotopic (exact) mass is 346 g/mol. The van der Waals surface area contributed by atoms with Crippen LogP contribution in [0.5, 0.6) is 17.2 Å². The van der Waals surface area contributed by atoms with Crippen molar-refractivity contribution in [3.8, 4) is 17.2 Å². The Morgan fingerprint density at radius 3 is 2.28 bits per heavy atom. The molecule has 25 heavy (non-hydrogen) atoms. The number of hydrogen-bond acceptors (Lipinski definition) is 7. The third kappa shape index (κ3) is 1.98. The molecule has 3 atom stereocenters. The standard InChI is InChI=1S/C18H18O7/c1-6-14(22)12(8(3)20)16-13(15(6)23)18(4)10(25-16)5-9(21)11(7(2)19)17(18)24/h10-11,22-23H,5H2,1-4H3. The highest BCUT2D eigenvalue weighted by Crippen LogP contribution is 2.56. The van der Waals surface area contributed by atoms with Gasteiger partial charge in [-0.1, -0.05) is 0 Å². The van der Waals surface area contributed by atoms with Gasteiger partial charge in [-0.2, -0.15) is 0 Å². The van der Waals surface area contributed by atoms with Crippen molar-refractivity contribution >= 4 is 23.1 Å². The lowest BCUT2D eigenvalue weighted by atomic mass is 9.63. The number of ether oxygens (including phenoxy) is 1. The molecule has 0 bridgehead atoms. The van der Waals surface area contributed by atoms with E-state index in [1.165, 1.54) is 27.7 Å². The molecule has 0 saturated heterocycles. The van der Waals surface area contributed by atoms with Crippen molar-refractivity contribution in [2.24, 2.45) is 5.92 Å². The highest BCUT2D eigenvalue weighted by atomic mass is 16.5. The van der Waals surface area contributed by atoms with Crippen molar-refractivity contribution in [1.82, 2.24) is 0 Å². The third-order valence-corrected chi connectivity index (χ3v) is 5.30. The molecule has 2 aliphatic rings. The molecule has 1 saturated carbocycles. The number of carbonyl (C=O) groups excluding carboxylic acids is 4.